The maximum atomic E-state index is 6.57. The van der Waals surface area contributed by atoms with Gasteiger partial charge in [-0.15, -0.1) is 0 Å². The monoisotopic (exact) mass is 222 g/mol. The van der Waals surface area contributed by atoms with Crippen LogP contribution in [0.1, 0.15) is 66.2 Å². The fourth-order valence-electron chi connectivity index (χ4n) is 5.28. The van der Waals surface area contributed by atoms with E-state index in [0.29, 0.717) is 5.41 Å². The van der Waals surface area contributed by atoms with Gasteiger partial charge in [0.2, 0.25) is 0 Å². The molecule has 1 spiro atoms. The fraction of sp³-hybridized carbons (Fsp3) is 1.00. The number of hydrogen-bond acceptors (Lipinski definition) is 1. The molecule has 3 fully saturated rings. The van der Waals surface area contributed by atoms with Gasteiger partial charge in [0.1, 0.15) is 0 Å². The van der Waals surface area contributed by atoms with E-state index < -0.39 is 0 Å². The van der Waals surface area contributed by atoms with Crippen LogP contribution < -0.4 is 0 Å². The Morgan fingerprint density at radius 2 is 1.81 bits per heavy atom. The van der Waals surface area contributed by atoms with Gasteiger partial charge in [-0.05, 0) is 58.3 Å². The highest BCUT2D eigenvalue weighted by Gasteiger charge is 2.64. The number of fused-ring (bicyclic) bond motifs is 3. The second kappa shape index (κ2) is 3.04. The van der Waals surface area contributed by atoms with Crippen molar-refractivity contribution >= 4 is 0 Å². The van der Waals surface area contributed by atoms with Crippen molar-refractivity contribution in [2.45, 2.75) is 77.4 Å². The van der Waals surface area contributed by atoms with Gasteiger partial charge in [0.15, 0.2) is 0 Å². The zero-order chi connectivity index (χ0) is 11.6. The van der Waals surface area contributed by atoms with Crippen LogP contribution in [0.25, 0.3) is 0 Å². The van der Waals surface area contributed by atoms with Crippen molar-refractivity contribution in [2.24, 2.45) is 17.3 Å². The molecule has 0 amide bonds. The average Bonchev–Trinajstić information content (AvgIpc) is 2.61. The van der Waals surface area contributed by atoms with Crippen molar-refractivity contribution in [1.82, 2.24) is 0 Å². The zero-order valence-corrected chi connectivity index (χ0v) is 11.3. The summed E-state index contributed by atoms with van der Waals surface area (Å²) in [7, 11) is 0. The molecule has 1 saturated heterocycles. The molecule has 1 heterocycles. The van der Waals surface area contributed by atoms with Gasteiger partial charge in [0.05, 0.1) is 11.2 Å². The summed E-state index contributed by atoms with van der Waals surface area (Å²) in [6.45, 7) is 9.49. The standard InChI is InChI=1S/C15H26O/c1-11-6-5-8-15(11)9-7-12-10-14(15,4)16-13(12,2)3/h11-12H,5-10H2,1-4H3/t11?,12-,14-,15-/m1/s1. The lowest BCUT2D eigenvalue weighted by molar-refractivity contribution is -0.153. The molecule has 1 aliphatic heterocycles. The van der Waals surface area contributed by atoms with Crippen molar-refractivity contribution in [1.29, 1.82) is 0 Å². The Hall–Kier alpha value is -0.0400. The van der Waals surface area contributed by atoms with Gasteiger partial charge in [-0.1, -0.05) is 19.8 Å². The maximum Gasteiger partial charge on any atom is 0.0724 e. The Bertz CT molecular complexity index is 309. The minimum Gasteiger partial charge on any atom is -0.369 e. The van der Waals surface area contributed by atoms with Crippen LogP contribution in [0, 0.1) is 17.3 Å². The van der Waals surface area contributed by atoms with Gasteiger partial charge in [-0.3, -0.25) is 0 Å². The zero-order valence-electron chi connectivity index (χ0n) is 11.3. The van der Waals surface area contributed by atoms with E-state index in [1.165, 1.54) is 38.5 Å². The quantitative estimate of drug-likeness (QED) is 0.598. The Kier molecular flexibility index (Phi) is 2.11. The highest BCUT2D eigenvalue weighted by molar-refractivity contribution is 5.13. The van der Waals surface area contributed by atoms with Crippen LogP contribution in [0.15, 0.2) is 0 Å². The second-order valence-corrected chi connectivity index (χ2v) is 7.33. The summed E-state index contributed by atoms with van der Waals surface area (Å²) >= 11 is 0. The van der Waals surface area contributed by atoms with E-state index in [2.05, 4.69) is 27.7 Å². The molecule has 0 aromatic heterocycles. The second-order valence-electron chi connectivity index (χ2n) is 7.33. The molecule has 16 heavy (non-hydrogen) atoms. The summed E-state index contributed by atoms with van der Waals surface area (Å²) in [5.41, 5.74) is 0.813. The minimum atomic E-state index is 0.126. The Morgan fingerprint density at radius 3 is 2.44 bits per heavy atom. The summed E-state index contributed by atoms with van der Waals surface area (Å²) in [5.74, 6) is 1.67. The molecule has 92 valence electrons. The Balaban J connectivity index is 1.99. The summed E-state index contributed by atoms with van der Waals surface area (Å²) < 4.78 is 6.57. The summed E-state index contributed by atoms with van der Waals surface area (Å²) in [5, 5.41) is 0. The fourth-order valence-corrected chi connectivity index (χ4v) is 5.28. The highest BCUT2D eigenvalue weighted by atomic mass is 16.5. The van der Waals surface area contributed by atoms with E-state index in [1.54, 1.807) is 0 Å². The van der Waals surface area contributed by atoms with Crippen molar-refractivity contribution < 1.29 is 4.74 Å². The molecule has 2 aliphatic carbocycles. The number of rotatable bonds is 0. The lowest BCUT2D eigenvalue weighted by Gasteiger charge is -2.49. The van der Waals surface area contributed by atoms with Gasteiger partial charge in [0, 0.05) is 5.41 Å². The van der Waals surface area contributed by atoms with Crippen LogP contribution in [0.4, 0.5) is 0 Å². The van der Waals surface area contributed by atoms with Crippen LogP contribution in [0.5, 0.6) is 0 Å². The van der Waals surface area contributed by atoms with E-state index in [0.717, 1.165) is 11.8 Å². The lowest BCUT2D eigenvalue weighted by atomic mass is 9.57. The smallest absolute Gasteiger partial charge is 0.0724 e. The van der Waals surface area contributed by atoms with E-state index in [4.69, 9.17) is 4.74 Å². The molecular formula is C15H26O. The first-order chi connectivity index (χ1) is 7.40. The normalized spacial score (nSPS) is 54.8. The predicted molar refractivity (Wildman–Crippen MR) is 66.4 cm³/mol. The van der Waals surface area contributed by atoms with Crippen LogP contribution in [0.3, 0.4) is 0 Å². The third-order valence-corrected chi connectivity index (χ3v) is 6.30. The maximum absolute atomic E-state index is 6.57. The minimum absolute atomic E-state index is 0.126. The van der Waals surface area contributed by atoms with Crippen molar-refractivity contribution in [3.8, 4) is 0 Å². The molecule has 1 unspecified atom stereocenters. The molecule has 3 aliphatic rings. The van der Waals surface area contributed by atoms with E-state index in [1.807, 2.05) is 0 Å². The van der Waals surface area contributed by atoms with Crippen LogP contribution in [-0.2, 0) is 4.74 Å². The molecule has 3 rings (SSSR count). The molecule has 0 radical (unpaired) electrons. The molecular weight excluding hydrogens is 196 g/mol. The van der Waals surface area contributed by atoms with Crippen LogP contribution in [-0.4, -0.2) is 11.2 Å². The average molecular weight is 222 g/mol. The largest absolute Gasteiger partial charge is 0.369 e. The third-order valence-electron chi connectivity index (χ3n) is 6.30. The summed E-state index contributed by atoms with van der Waals surface area (Å²) in [6.07, 6.45) is 8.37. The molecule has 1 nitrogen and oxygen atoms in total. The molecule has 2 bridgehead atoms. The third kappa shape index (κ3) is 1.16. The van der Waals surface area contributed by atoms with E-state index in [9.17, 15) is 0 Å². The Morgan fingerprint density at radius 1 is 1.06 bits per heavy atom. The summed E-state index contributed by atoms with van der Waals surface area (Å²) in [4.78, 5) is 0. The van der Waals surface area contributed by atoms with Crippen LogP contribution >= 0.6 is 0 Å². The predicted octanol–water partition coefficient (Wildman–Crippen LogP) is 4.16. The first-order valence-electron chi connectivity index (χ1n) is 7.10. The van der Waals surface area contributed by atoms with Crippen molar-refractivity contribution in [3.05, 3.63) is 0 Å². The Labute approximate surface area is 99.9 Å². The molecule has 0 N–H and O–H groups in total. The summed E-state index contributed by atoms with van der Waals surface area (Å²) in [6, 6.07) is 0. The van der Waals surface area contributed by atoms with E-state index >= 15 is 0 Å². The van der Waals surface area contributed by atoms with E-state index in [-0.39, 0.29) is 11.2 Å². The number of ether oxygens (including phenoxy) is 1. The molecule has 4 atom stereocenters. The van der Waals surface area contributed by atoms with Crippen molar-refractivity contribution in [3.63, 3.8) is 0 Å². The highest BCUT2D eigenvalue weighted by Crippen LogP contribution is 2.65. The number of hydrogen-bond donors (Lipinski definition) is 0. The lowest BCUT2D eigenvalue weighted by Crippen LogP contribution is -2.49. The van der Waals surface area contributed by atoms with Gasteiger partial charge >= 0.3 is 0 Å². The first kappa shape index (κ1) is 11.1. The van der Waals surface area contributed by atoms with Crippen molar-refractivity contribution in [2.75, 3.05) is 0 Å². The SMILES string of the molecule is CC1CCC[C@@]12CC[C@@H]1C[C@@]2(C)OC1(C)C. The molecule has 1 heteroatoms. The van der Waals surface area contributed by atoms with Gasteiger partial charge in [-0.2, -0.15) is 0 Å². The molecule has 2 saturated carbocycles. The van der Waals surface area contributed by atoms with Crippen LogP contribution in [0.2, 0.25) is 0 Å². The first-order valence-corrected chi connectivity index (χ1v) is 7.10. The van der Waals surface area contributed by atoms with Gasteiger partial charge in [0.25, 0.3) is 0 Å². The topological polar surface area (TPSA) is 9.23 Å². The van der Waals surface area contributed by atoms with Gasteiger partial charge < -0.3 is 4.74 Å². The van der Waals surface area contributed by atoms with Gasteiger partial charge in [-0.25, -0.2) is 0 Å². The molecule has 0 aromatic rings. The molecule has 0 aromatic carbocycles.